The quantitative estimate of drug-likeness (QED) is 0.212. The van der Waals surface area contributed by atoms with E-state index in [2.05, 4.69) is 5.32 Å². The molecule has 0 heterocycles. The monoisotopic (exact) mass is 570 g/mol. The Balaban J connectivity index is 1.56. The van der Waals surface area contributed by atoms with Crippen molar-refractivity contribution in [3.63, 3.8) is 0 Å². The number of nitrogens with one attached hydrogen (secondary N) is 1. The smallest absolute Gasteiger partial charge is 0.264 e. The van der Waals surface area contributed by atoms with Gasteiger partial charge >= 0.3 is 0 Å². The van der Waals surface area contributed by atoms with Crippen LogP contribution in [-0.2, 0) is 20.6 Å². The van der Waals surface area contributed by atoms with Crippen molar-refractivity contribution >= 4 is 62.3 Å². The molecule has 1 amide bonds. The number of aryl methyl sites for hydroxylation is 1. The van der Waals surface area contributed by atoms with Gasteiger partial charge in [-0.2, -0.15) is 0 Å². The molecule has 5 nitrogen and oxygen atoms in total. The van der Waals surface area contributed by atoms with Gasteiger partial charge in [0.15, 0.2) is 0 Å². The summed E-state index contributed by atoms with van der Waals surface area (Å²) in [5.41, 5.74) is 2.92. The summed E-state index contributed by atoms with van der Waals surface area (Å²) in [5, 5.41) is 3.92. The molecule has 0 saturated carbocycles. The van der Waals surface area contributed by atoms with Crippen LogP contribution < -0.4 is 9.62 Å². The predicted molar refractivity (Wildman–Crippen MR) is 153 cm³/mol. The van der Waals surface area contributed by atoms with E-state index in [1.807, 2.05) is 49.4 Å². The number of sulfonamides is 1. The Morgan fingerprint density at radius 3 is 2.27 bits per heavy atom. The molecule has 0 spiro atoms. The van der Waals surface area contributed by atoms with Gasteiger partial charge in [-0.15, -0.1) is 11.8 Å². The molecular formula is C28H24Cl2N2O3S2. The van der Waals surface area contributed by atoms with Crippen molar-refractivity contribution < 1.29 is 13.2 Å². The molecule has 1 N–H and O–H groups in total. The second-order valence-electron chi connectivity index (χ2n) is 8.26. The van der Waals surface area contributed by atoms with E-state index >= 15 is 0 Å². The van der Waals surface area contributed by atoms with E-state index in [1.54, 1.807) is 48.2 Å². The molecule has 4 aromatic rings. The number of para-hydroxylation sites is 1. The van der Waals surface area contributed by atoms with Gasteiger partial charge in [-0.25, -0.2) is 8.42 Å². The summed E-state index contributed by atoms with van der Waals surface area (Å²) in [5.74, 6) is 0.204. The molecule has 0 saturated heterocycles. The van der Waals surface area contributed by atoms with Crippen LogP contribution in [0, 0.1) is 6.92 Å². The van der Waals surface area contributed by atoms with Crippen molar-refractivity contribution in [3.8, 4) is 0 Å². The summed E-state index contributed by atoms with van der Waals surface area (Å²) in [6.07, 6.45) is 0. The predicted octanol–water partition coefficient (Wildman–Crippen LogP) is 7.43. The van der Waals surface area contributed by atoms with E-state index in [1.165, 1.54) is 18.2 Å². The Bertz CT molecular complexity index is 1490. The summed E-state index contributed by atoms with van der Waals surface area (Å²) >= 11 is 13.7. The van der Waals surface area contributed by atoms with Gasteiger partial charge in [0, 0.05) is 20.7 Å². The standard InChI is InChI=1S/C28H24Cl2N2O3S2/c1-20-9-15-25(16-10-20)37(34,35)32(24-6-4-5-23(30)17-24)18-28(33)31-26-7-2-3-8-27(26)36-19-21-11-13-22(29)14-12-21/h2-17H,18-19H2,1H3,(H,31,33). The first-order chi connectivity index (χ1) is 17.7. The molecule has 0 aliphatic carbocycles. The Morgan fingerprint density at radius 1 is 0.865 bits per heavy atom. The van der Waals surface area contributed by atoms with Crippen molar-refractivity contribution in [2.24, 2.45) is 0 Å². The number of halogens is 2. The van der Waals surface area contributed by atoms with Gasteiger partial charge in [-0.05, 0) is 67.1 Å². The van der Waals surface area contributed by atoms with Gasteiger partial charge in [0.1, 0.15) is 6.54 Å². The normalized spacial score (nSPS) is 11.2. The average Bonchev–Trinajstić information content (AvgIpc) is 2.88. The summed E-state index contributed by atoms with van der Waals surface area (Å²) in [6, 6.07) is 27.9. The van der Waals surface area contributed by atoms with Gasteiger partial charge in [0.2, 0.25) is 5.91 Å². The molecule has 0 unspecified atom stereocenters. The lowest BCUT2D eigenvalue weighted by molar-refractivity contribution is -0.114. The highest BCUT2D eigenvalue weighted by molar-refractivity contribution is 7.98. The number of hydrogen-bond acceptors (Lipinski definition) is 4. The number of thioether (sulfide) groups is 1. The van der Waals surface area contributed by atoms with Crippen LogP contribution in [0.1, 0.15) is 11.1 Å². The van der Waals surface area contributed by atoms with Crippen molar-refractivity contribution in [1.29, 1.82) is 0 Å². The van der Waals surface area contributed by atoms with Crippen LogP contribution in [0.4, 0.5) is 11.4 Å². The minimum Gasteiger partial charge on any atom is -0.323 e. The van der Waals surface area contributed by atoms with Crippen molar-refractivity contribution in [3.05, 3.63) is 118 Å². The van der Waals surface area contributed by atoms with E-state index in [9.17, 15) is 13.2 Å². The Labute approximate surface area is 231 Å². The van der Waals surface area contributed by atoms with Crippen LogP contribution in [0.3, 0.4) is 0 Å². The second-order valence-corrected chi connectivity index (χ2v) is 12.0. The maximum absolute atomic E-state index is 13.6. The fourth-order valence-corrected chi connectivity index (χ4v) is 6.23. The van der Waals surface area contributed by atoms with Gasteiger partial charge in [-0.3, -0.25) is 9.10 Å². The largest absolute Gasteiger partial charge is 0.323 e. The molecule has 190 valence electrons. The summed E-state index contributed by atoms with van der Waals surface area (Å²) in [7, 11) is -4.04. The van der Waals surface area contributed by atoms with Gasteiger partial charge in [-0.1, -0.05) is 71.2 Å². The maximum atomic E-state index is 13.6. The number of carbonyl (C=O) groups excluding carboxylic acids is 1. The van der Waals surface area contributed by atoms with Gasteiger partial charge < -0.3 is 5.32 Å². The highest BCUT2D eigenvalue weighted by Crippen LogP contribution is 2.31. The number of nitrogens with zero attached hydrogens (tertiary/aromatic N) is 1. The zero-order valence-electron chi connectivity index (χ0n) is 19.9. The molecule has 0 radical (unpaired) electrons. The number of anilines is 2. The van der Waals surface area contributed by atoms with E-state index < -0.39 is 22.5 Å². The van der Waals surface area contributed by atoms with E-state index in [4.69, 9.17) is 23.2 Å². The van der Waals surface area contributed by atoms with Crippen LogP contribution in [0.2, 0.25) is 10.0 Å². The second kappa shape index (κ2) is 12.0. The zero-order valence-corrected chi connectivity index (χ0v) is 23.0. The molecule has 0 bridgehead atoms. The zero-order chi connectivity index (χ0) is 26.4. The molecule has 4 aromatic carbocycles. The Kier molecular flexibility index (Phi) is 8.82. The van der Waals surface area contributed by atoms with Crippen molar-refractivity contribution in [1.82, 2.24) is 0 Å². The van der Waals surface area contributed by atoms with Gasteiger partial charge in [0.25, 0.3) is 10.0 Å². The molecule has 9 heteroatoms. The van der Waals surface area contributed by atoms with Crippen molar-refractivity contribution in [2.75, 3.05) is 16.2 Å². The fourth-order valence-electron chi connectivity index (χ4n) is 3.54. The minimum absolute atomic E-state index is 0.0878. The fraction of sp³-hybridized carbons (Fsp3) is 0.107. The number of rotatable bonds is 9. The lowest BCUT2D eigenvalue weighted by Crippen LogP contribution is -2.38. The summed E-state index contributed by atoms with van der Waals surface area (Å²) in [4.78, 5) is 14.2. The number of hydrogen-bond donors (Lipinski definition) is 1. The van der Waals surface area contributed by atoms with Crippen LogP contribution in [0.5, 0.6) is 0 Å². The number of benzene rings is 4. The average molecular weight is 572 g/mol. The topological polar surface area (TPSA) is 66.5 Å². The third kappa shape index (κ3) is 7.08. The lowest BCUT2D eigenvalue weighted by Gasteiger charge is -2.24. The summed E-state index contributed by atoms with van der Waals surface area (Å²) in [6.45, 7) is 1.45. The molecule has 0 fully saturated rings. The lowest BCUT2D eigenvalue weighted by atomic mass is 10.2. The minimum atomic E-state index is -4.04. The first-order valence-corrected chi connectivity index (χ1v) is 14.5. The maximum Gasteiger partial charge on any atom is 0.264 e. The number of amides is 1. The van der Waals surface area contributed by atoms with Crippen molar-refractivity contribution in [2.45, 2.75) is 22.5 Å². The first-order valence-electron chi connectivity index (χ1n) is 11.3. The molecule has 37 heavy (non-hydrogen) atoms. The molecule has 0 aromatic heterocycles. The van der Waals surface area contributed by atoms with Crippen LogP contribution in [0.25, 0.3) is 0 Å². The van der Waals surface area contributed by atoms with E-state index in [0.29, 0.717) is 27.2 Å². The molecule has 4 rings (SSSR count). The van der Waals surface area contributed by atoms with Crippen LogP contribution in [0.15, 0.2) is 107 Å². The van der Waals surface area contributed by atoms with E-state index in [0.717, 1.165) is 20.3 Å². The Morgan fingerprint density at radius 2 is 1.57 bits per heavy atom. The third-order valence-electron chi connectivity index (χ3n) is 5.46. The highest BCUT2D eigenvalue weighted by atomic mass is 35.5. The SMILES string of the molecule is Cc1ccc(S(=O)(=O)N(CC(=O)Nc2ccccc2SCc2ccc(Cl)cc2)c2cccc(Cl)c2)cc1. The third-order valence-corrected chi connectivity index (χ3v) is 8.88. The van der Waals surface area contributed by atoms with Crippen LogP contribution >= 0.6 is 35.0 Å². The highest BCUT2D eigenvalue weighted by Gasteiger charge is 2.27. The summed E-state index contributed by atoms with van der Waals surface area (Å²) < 4.78 is 28.2. The van der Waals surface area contributed by atoms with Gasteiger partial charge in [0.05, 0.1) is 16.3 Å². The van der Waals surface area contributed by atoms with E-state index in [-0.39, 0.29) is 4.90 Å². The molecule has 0 aliphatic heterocycles. The Hall–Kier alpha value is -2.97. The molecular weight excluding hydrogens is 547 g/mol. The first kappa shape index (κ1) is 27.1. The van der Waals surface area contributed by atoms with Crippen LogP contribution in [-0.4, -0.2) is 20.9 Å². The number of carbonyl (C=O) groups is 1. The molecule has 0 atom stereocenters. The molecule has 0 aliphatic rings.